The van der Waals surface area contributed by atoms with Crippen molar-refractivity contribution in [2.45, 2.75) is 52.6 Å². The zero-order valence-electron chi connectivity index (χ0n) is 11.5. The van der Waals surface area contributed by atoms with E-state index in [1.54, 1.807) is 0 Å². The fourth-order valence-electron chi connectivity index (χ4n) is 2.28. The molecule has 4 heteroatoms. The summed E-state index contributed by atoms with van der Waals surface area (Å²) >= 11 is 0. The van der Waals surface area contributed by atoms with Crippen molar-refractivity contribution >= 4 is 0 Å². The maximum Gasteiger partial charge on any atom is 0.0650 e. The zero-order chi connectivity index (χ0) is 12.6. The highest BCUT2D eigenvalue weighted by Crippen LogP contribution is 2.23. The first-order valence-electron chi connectivity index (χ1n) is 6.39. The molecule has 0 spiro atoms. The predicted octanol–water partition coefficient (Wildman–Crippen LogP) is 1.37. The van der Waals surface area contributed by atoms with Gasteiger partial charge in [-0.05, 0) is 33.4 Å². The molecular weight excluding hydrogens is 202 g/mol. The van der Waals surface area contributed by atoms with Crippen LogP contribution in [0.2, 0.25) is 0 Å². The second-order valence-electron chi connectivity index (χ2n) is 4.26. The lowest BCUT2D eigenvalue weighted by molar-refractivity contribution is 0.0204. The maximum absolute atomic E-state index is 5.67. The molecule has 0 fully saturated rings. The summed E-state index contributed by atoms with van der Waals surface area (Å²) in [5.41, 5.74) is 2.96. The molecule has 0 radical (unpaired) electrons. The third-order valence-corrected chi connectivity index (χ3v) is 3.64. The quantitative estimate of drug-likeness (QED) is 0.465. The molecule has 4 nitrogen and oxygen atoms in total. The van der Waals surface area contributed by atoms with Gasteiger partial charge in [0.1, 0.15) is 0 Å². The maximum atomic E-state index is 5.67. The number of nitrogens with zero attached hydrogens (tertiary/aromatic N) is 1. The summed E-state index contributed by atoms with van der Waals surface area (Å²) < 4.78 is 5.50. The SMILES string of the molecule is CCOCC(NN)C(C)(CC)N(CC)CC. The molecule has 0 aliphatic rings. The van der Waals surface area contributed by atoms with E-state index in [9.17, 15) is 0 Å². The Balaban J connectivity index is 4.71. The van der Waals surface area contributed by atoms with Crippen LogP contribution in [0, 0.1) is 0 Å². The van der Waals surface area contributed by atoms with Crippen molar-refractivity contribution in [3.63, 3.8) is 0 Å². The molecule has 0 aliphatic carbocycles. The number of rotatable bonds is 9. The Morgan fingerprint density at radius 2 is 1.81 bits per heavy atom. The van der Waals surface area contributed by atoms with Crippen molar-refractivity contribution < 1.29 is 4.74 Å². The molecule has 0 aromatic heterocycles. The van der Waals surface area contributed by atoms with Gasteiger partial charge >= 0.3 is 0 Å². The lowest BCUT2D eigenvalue weighted by Gasteiger charge is -2.45. The van der Waals surface area contributed by atoms with Crippen molar-refractivity contribution in [2.24, 2.45) is 5.84 Å². The van der Waals surface area contributed by atoms with Gasteiger partial charge < -0.3 is 4.74 Å². The van der Waals surface area contributed by atoms with Gasteiger partial charge in [0.2, 0.25) is 0 Å². The molecule has 0 aromatic carbocycles. The number of hydrogen-bond donors (Lipinski definition) is 2. The minimum atomic E-state index is 0.0490. The third kappa shape index (κ3) is 3.70. The molecule has 0 saturated heterocycles. The second-order valence-corrected chi connectivity index (χ2v) is 4.26. The molecule has 3 N–H and O–H groups in total. The Labute approximate surface area is 100 Å². The van der Waals surface area contributed by atoms with Gasteiger partial charge in [0.05, 0.1) is 12.6 Å². The first kappa shape index (κ1) is 15.8. The number of hydrazine groups is 1. The number of ether oxygens (including phenoxy) is 1. The fraction of sp³-hybridized carbons (Fsp3) is 1.00. The van der Waals surface area contributed by atoms with Gasteiger partial charge in [-0.15, -0.1) is 0 Å². The van der Waals surface area contributed by atoms with Crippen LogP contribution in [0.15, 0.2) is 0 Å². The highest BCUT2D eigenvalue weighted by atomic mass is 16.5. The van der Waals surface area contributed by atoms with Gasteiger partial charge in [0.25, 0.3) is 0 Å². The molecular formula is C12H29N3O. The van der Waals surface area contributed by atoms with Gasteiger partial charge in [-0.25, -0.2) is 0 Å². The van der Waals surface area contributed by atoms with E-state index in [1.807, 2.05) is 6.92 Å². The predicted molar refractivity (Wildman–Crippen MR) is 69.2 cm³/mol. The van der Waals surface area contributed by atoms with Crippen molar-refractivity contribution in [2.75, 3.05) is 26.3 Å². The summed E-state index contributed by atoms with van der Waals surface area (Å²) in [7, 11) is 0. The highest BCUT2D eigenvalue weighted by Gasteiger charge is 2.36. The molecule has 0 heterocycles. The third-order valence-electron chi connectivity index (χ3n) is 3.64. The van der Waals surface area contributed by atoms with E-state index in [2.05, 4.69) is 38.0 Å². The summed E-state index contributed by atoms with van der Waals surface area (Å²) in [6.07, 6.45) is 1.05. The molecule has 0 aliphatic heterocycles. The van der Waals surface area contributed by atoms with E-state index in [0.29, 0.717) is 6.61 Å². The Morgan fingerprint density at radius 3 is 2.12 bits per heavy atom. The van der Waals surface area contributed by atoms with Crippen LogP contribution in [0.4, 0.5) is 0 Å². The molecule has 0 aromatic rings. The van der Waals surface area contributed by atoms with Crippen molar-refractivity contribution in [3.05, 3.63) is 0 Å². The van der Waals surface area contributed by atoms with Gasteiger partial charge in [0, 0.05) is 12.1 Å². The van der Waals surface area contributed by atoms with Crippen LogP contribution in [-0.2, 0) is 4.74 Å². The monoisotopic (exact) mass is 231 g/mol. The van der Waals surface area contributed by atoms with Crippen molar-refractivity contribution in [1.82, 2.24) is 10.3 Å². The van der Waals surface area contributed by atoms with Crippen LogP contribution in [0.5, 0.6) is 0 Å². The minimum Gasteiger partial charge on any atom is -0.380 e. The fourth-order valence-corrected chi connectivity index (χ4v) is 2.28. The lowest BCUT2D eigenvalue weighted by Crippen LogP contribution is -2.62. The van der Waals surface area contributed by atoms with E-state index >= 15 is 0 Å². The Kier molecular flexibility index (Phi) is 7.93. The van der Waals surface area contributed by atoms with Crippen LogP contribution < -0.4 is 11.3 Å². The molecule has 2 unspecified atom stereocenters. The molecule has 0 amide bonds. The van der Waals surface area contributed by atoms with Gasteiger partial charge in [-0.2, -0.15) is 0 Å². The number of likely N-dealkylation sites (N-methyl/N-ethyl adjacent to an activating group) is 1. The molecule has 2 atom stereocenters. The smallest absolute Gasteiger partial charge is 0.0650 e. The van der Waals surface area contributed by atoms with E-state index in [1.165, 1.54) is 0 Å². The van der Waals surface area contributed by atoms with E-state index < -0.39 is 0 Å². The molecule has 0 saturated carbocycles. The lowest BCUT2D eigenvalue weighted by atomic mass is 9.87. The van der Waals surface area contributed by atoms with Gasteiger partial charge in [0.15, 0.2) is 0 Å². The summed E-state index contributed by atoms with van der Waals surface area (Å²) in [4.78, 5) is 2.44. The first-order chi connectivity index (χ1) is 7.60. The number of nitrogens with one attached hydrogen (secondary N) is 1. The van der Waals surface area contributed by atoms with Gasteiger partial charge in [-0.3, -0.25) is 16.2 Å². The highest BCUT2D eigenvalue weighted by molar-refractivity contribution is 4.94. The zero-order valence-corrected chi connectivity index (χ0v) is 11.5. The van der Waals surface area contributed by atoms with Crippen LogP contribution in [-0.4, -0.2) is 42.8 Å². The molecule has 16 heavy (non-hydrogen) atoms. The average Bonchev–Trinajstić information content (AvgIpc) is 2.31. The van der Waals surface area contributed by atoms with Crippen molar-refractivity contribution in [3.8, 4) is 0 Å². The average molecular weight is 231 g/mol. The van der Waals surface area contributed by atoms with E-state index in [4.69, 9.17) is 10.6 Å². The number of nitrogens with two attached hydrogens (primary N) is 1. The normalized spacial score (nSPS) is 17.4. The van der Waals surface area contributed by atoms with E-state index in [0.717, 1.165) is 26.1 Å². The van der Waals surface area contributed by atoms with Gasteiger partial charge in [-0.1, -0.05) is 20.8 Å². The second kappa shape index (κ2) is 8.01. The Hall–Kier alpha value is -0.160. The summed E-state index contributed by atoms with van der Waals surface area (Å²) in [6, 6.07) is 0.164. The molecule has 0 bridgehead atoms. The van der Waals surface area contributed by atoms with E-state index in [-0.39, 0.29) is 11.6 Å². The minimum absolute atomic E-state index is 0.0490. The van der Waals surface area contributed by atoms with Crippen LogP contribution in [0.25, 0.3) is 0 Å². The van der Waals surface area contributed by atoms with Crippen molar-refractivity contribution in [1.29, 1.82) is 0 Å². The van der Waals surface area contributed by atoms with Crippen LogP contribution >= 0.6 is 0 Å². The van der Waals surface area contributed by atoms with Crippen LogP contribution in [0.3, 0.4) is 0 Å². The Morgan fingerprint density at radius 1 is 1.25 bits per heavy atom. The van der Waals surface area contributed by atoms with Crippen LogP contribution in [0.1, 0.15) is 41.0 Å². The summed E-state index contributed by atoms with van der Waals surface area (Å²) in [5.74, 6) is 5.67. The largest absolute Gasteiger partial charge is 0.380 e. The molecule has 98 valence electrons. The Bertz CT molecular complexity index is 174. The topological polar surface area (TPSA) is 50.5 Å². The summed E-state index contributed by atoms with van der Waals surface area (Å²) in [6.45, 7) is 14.3. The first-order valence-corrected chi connectivity index (χ1v) is 6.39. The summed E-state index contributed by atoms with van der Waals surface area (Å²) in [5, 5.41) is 0. The number of hydrogen-bond acceptors (Lipinski definition) is 4. The molecule has 0 rings (SSSR count). The standard InChI is InChI=1S/C12H29N3O/c1-6-12(5,15(7-2)8-3)11(14-13)10-16-9-4/h11,14H,6-10,13H2,1-5H3.